The van der Waals surface area contributed by atoms with Crippen LogP contribution in [0.2, 0.25) is 5.02 Å². The highest BCUT2D eigenvalue weighted by Gasteiger charge is 2.07. The lowest BCUT2D eigenvalue weighted by Crippen LogP contribution is -2.16. The molecule has 0 bridgehead atoms. The van der Waals surface area contributed by atoms with Gasteiger partial charge in [0, 0.05) is 10.7 Å². The Morgan fingerprint density at radius 1 is 1.00 bits per heavy atom. The molecular formula is C20H19ClN4O2. The van der Waals surface area contributed by atoms with Crippen LogP contribution in [-0.2, 0) is 4.79 Å². The number of nitrogens with zero attached hydrogens (tertiary/aromatic N) is 2. The van der Waals surface area contributed by atoms with Crippen LogP contribution in [0.1, 0.15) is 12.0 Å². The summed E-state index contributed by atoms with van der Waals surface area (Å²) < 4.78 is 5.50. The van der Waals surface area contributed by atoms with Gasteiger partial charge in [-0.15, -0.1) is 10.2 Å². The summed E-state index contributed by atoms with van der Waals surface area (Å²) in [6.07, 6.45) is 0.221. The molecule has 0 aliphatic carbocycles. The maximum absolute atomic E-state index is 12.0. The smallest absolute Gasteiger partial charge is 0.229 e. The SMILES string of the molecule is Cc1c(Cl)cccc1Nc1ccc(NC(=O)CCOc2ccccc2)nn1. The van der Waals surface area contributed by atoms with Crippen LogP contribution in [0.3, 0.4) is 0 Å². The number of amides is 1. The lowest BCUT2D eigenvalue weighted by molar-refractivity contribution is -0.116. The van der Waals surface area contributed by atoms with E-state index in [4.69, 9.17) is 16.3 Å². The van der Waals surface area contributed by atoms with Crippen molar-refractivity contribution < 1.29 is 9.53 Å². The second kappa shape index (κ2) is 9.00. The topological polar surface area (TPSA) is 76.1 Å². The molecule has 7 heteroatoms. The maximum Gasteiger partial charge on any atom is 0.229 e. The summed E-state index contributed by atoms with van der Waals surface area (Å²) in [5.74, 6) is 1.49. The Morgan fingerprint density at radius 3 is 2.48 bits per heavy atom. The Balaban J connectivity index is 1.50. The number of hydrogen-bond acceptors (Lipinski definition) is 5. The zero-order valence-electron chi connectivity index (χ0n) is 14.8. The Bertz CT molecular complexity index is 902. The van der Waals surface area contributed by atoms with E-state index < -0.39 is 0 Å². The maximum atomic E-state index is 12.0. The first-order valence-corrected chi connectivity index (χ1v) is 8.83. The minimum absolute atomic E-state index is 0.188. The Hall–Kier alpha value is -3.12. The highest BCUT2D eigenvalue weighted by Crippen LogP contribution is 2.25. The van der Waals surface area contributed by atoms with Crippen LogP contribution < -0.4 is 15.4 Å². The second-order valence-corrected chi connectivity index (χ2v) is 6.21. The van der Waals surface area contributed by atoms with E-state index in [1.165, 1.54) is 0 Å². The minimum Gasteiger partial charge on any atom is -0.493 e. The third-order valence-electron chi connectivity index (χ3n) is 3.80. The first-order valence-electron chi connectivity index (χ1n) is 8.45. The number of hydrogen-bond donors (Lipinski definition) is 2. The van der Waals surface area contributed by atoms with Crippen LogP contribution in [0.15, 0.2) is 60.7 Å². The van der Waals surface area contributed by atoms with E-state index in [0.717, 1.165) is 17.0 Å². The van der Waals surface area contributed by atoms with E-state index in [1.807, 2.05) is 55.5 Å². The monoisotopic (exact) mass is 382 g/mol. The van der Waals surface area contributed by atoms with Crippen LogP contribution >= 0.6 is 11.6 Å². The van der Waals surface area contributed by atoms with Crippen molar-refractivity contribution in [1.29, 1.82) is 0 Å². The van der Waals surface area contributed by atoms with E-state index in [0.29, 0.717) is 16.7 Å². The lowest BCUT2D eigenvalue weighted by Gasteiger charge is -2.10. The summed E-state index contributed by atoms with van der Waals surface area (Å²) >= 11 is 6.11. The molecule has 1 aromatic heterocycles. The average Bonchev–Trinajstić information content (AvgIpc) is 2.68. The number of para-hydroxylation sites is 1. The van der Waals surface area contributed by atoms with Gasteiger partial charge in [-0.05, 0) is 48.9 Å². The van der Waals surface area contributed by atoms with E-state index in [-0.39, 0.29) is 18.9 Å². The third-order valence-corrected chi connectivity index (χ3v) is 4.21. The fourth-order valence-corrected chi connectivity index (χ4v) is 2.50. The lowest BCUT2D eigenvalue weighted by atomic mass is 10.2. The minimum atomic E-state index is -0.188. The van der Waals surface area contributed by atoms with Gasteiger partial charge >= 0.3 is 0 Å². The van der Waals surface area contributed by atoms with Gasteiger partial charge < -0.3 is 15.4 Å². The molecular weight excluding hydrogens is 364 g/mol. The van der Waals surface area contributed by atoms with Crippen LogP contribution in [0.25, 0.3) is 0 Å². The molecule has 3 aromatic rings. The van der Waals surface area contributed by atoms with Crippen molar-refractivity contribution in [3.8, 4) is 5.75 Å². The molecule has 0 radical (unpaired) electrons. The van der Waals surface area contributed by atoms with Crippen molar-refractivity contribution in [3.63, 3.8) is 0 Å². The quantitative estimate of drug-likeness (QED) is 0.625. The summed E-state index contributed by atoms with van der Waals surface area (Å²) in [5.41, 5.74) is 1.78. The predicted molar refractivity (Wildman–Crippen MR) is 107 cm³/mol. The van der Waals surface area contributed by atoms with Crippen molar-refractivity contribution in [3.05, 3.63) is 71.2 Å². The first-order chi connectivity index (χ1) is 13.1. The number of aromatic nitrogens is 2. The average molecular weight is 383 g/mol. The molecule has 0 saturated heterocycles. The standard InChI is InChI=1S/C20H19ClN4O2/c1-14-16(21)8-5-9-17(14)22-18-10-11-19(25-24-18)23-20(26)12-13-27-15-6-3-2-4-7-15/h2-11H,12-13H2,1H3,(H,22,24)(H,23,25,26). The molecule has 0 fully saturated rings. The molecule has 0 atom stereocenters. The largest absolute Gasteiger partial charge is 0.493 e. The van der Waals surface area contributed by atoms with Gasteiger partial charge in [0.25, 0.3) is 0 Å². The molecule has 138 valence electrons. The number of ether oxygens (including phenoxy) is 1. The molecule has 27 heavy (non-hydrogen) atoms. The number of rotatable bonds is 7. The molecule has 2 aromatic carbocycles. The van der Waals surface area contributed by atoms with Crippen molar-refractivity contribution in [1.82, 2.24) is 10.2 Å². The predicted octanol–water partition coefficient (Wildman–Crippen LogP) is 4.59. The highest BCUT2D eigenvalue weighted by molar-refractivity contribution is 6.31. The van der Waals surface area contributed by atoms with Gasteiger partial charge in [0.2, 0.25) is 5.91 Å². The van der Waals surface area contributed by atoms with E-state index in [1.54, 1.807) is 12.1 Å². The molecule has 0 aliphatic rings. The van der Waals surface area contributed by atoms with Gasteiger partial charge in [-0.1, -0.05) is 35.9 Å². The first kappa shape index (κ1) is 18.7. The number of carbonyl (C=O) groups excluding carboxylic acids is 1. The molecule has 1 heterocycles. The van der Waals surface area contributed by atoms with Gasteiger partial charge in [-0.25, -0.2) is 0 Å². The number of anilines is 3. The van der Waals surface area contributed by atoms with Crippen LogP contribution in [0, 0.1) is 6.92 Å². The van der Waals surface area contributed by atoms with Gasteiger partial charge in [0.05, 0.1) is 13.0 Å². The second-order valence-electron chi connectivity index (χ2n) is 5.80. The van der Waals surface area contributed by atoms with Crippen LogP contribution in [-0.4, -0.2) is 22.7 Å². The Morgan fingerprint density at radius 2 is 1.74 bits per heavy atom. The Kier molecular flexibility index (Phi) is 6.22. The molecule has 0 aliphatic heterocycles. The van der Waals surface area contributed by atoms with Crippen molar-refractivity contribution >= 4 is 34.8 Å². The van der Waals surface area contributed by atoms with Crippen molar-refractivity contribution in [2.45, 2.75) is 13.3 Å². The molecule has 2 N–H and O–H groups in total. The summed E-state index contributed by atoms with van der Waals surface area (Å²) in [4.78, 5) is 12.0. The molecule has 3 rings (SSSR count). The fourth-order valence-electron chi connectivity index (χ4n) is 2.33. The van der Waals surface area contributed by atoms with E-state index >= 15 is 0 Å². The number of nitrogens with one attached hydrogen (secondary N) is 2. The summed E-state index contributed by atoms with van der Waals surface area (Å²) in [6, 6.07) is 18.4. The van der Waals surface area contributed by atoms with Gasteiger partial charge in [0.15, 0.2) is 11.6 Å². The fraction of sp³-hybridized carbons (Fsp3) is 0.150. The zero-order chi connectivity index (χ0) is 19.1. The molecule has 0 unspecified atom stereocenters. The van der Waals surface area contributed by atoms with E-state index in [2.05, 4.69) is 20.8 Å². The molecule has 0 saturated carbocycles. The van der Waals surface area contributed by atoms with Crippen LogP contribution in [0.5, 0.6) is 5.75 Å². The van der Waals surface area contributed by atoms with Crippen LogP contribution in [0.4, 0.5) is 17.3 Å². The van der Waals surface area contributed by atoms with Gasteiger partial charge in [-0.3, -0.25) is 4.79 Å². The summed E-state index contributed by atoms with van der Waals surface area (Å²) in [5, 5.41) is 14.6. The molecule has 1 amide bonds. The normalized spacial score (nSPS) is 10.3. The van der Waals surface area contributed by atoms with Crippen molar-refractivity contribution in [2.75, 3.05) is 17.2 Å². The Labute approximate surface area is 162 Å². The third kappa shape index (κ3) is 5.43. The van der Waals surface area contributed by atoms with Crippen molar-refractivity contribution in [2.24, 2.45) is 0 Å². The number of carbonyl (C=O) groups is 1. The molecule has 6 nitrogen and oxygen atoms in total. The highest BCUT2D eigenvalue weighted by atomic mass is 35.5. The summed E-state index contributed by atoms with van der Waals surface area (Å²) in [6.45, 7) is 2.21. The van der Waals surface area contributed by atoms with E-state index in [9.17, 15) is 4.79 Å². The van der Waals surface area contributed by atoms with Gasteiger partial charge in [0.1, 0.15) is 5.75 Å². The summed E-state index contributed by atoms with van der Waals surface area (Å²) in [7, 11) is 0. The van der Waals surface area contributed by atoms with Gasteiger partial charge in [-0.2, -0.15) is 0 Å². The zero-order valence-corrected chi connectivity index (χ0v) is 15.5. The number of halogens is 1. The molecule has 0 spiro atoms. The number of benzene rings is 2.